The number of benzene rings is 2. The largest absolute Gasteiger partial charge is 0.497 e. The van der Waals surface area contributed by atoms with Crippen molar-refractivity contribution < 1.29 is 13.2 Å². The number of aromatic nitrogens is 2. The molecule has 1 aliphatic heterocycles. The fourth-order valence-electron chi connectivity index (χ4n) is 3.61. The molecule has 0 radical (unpaired) electrons. The Hall–Kier alpha value is -3.21. The van der Waals surface area contributed by atoms with Crippen molar-refractivity contribution in [3.05, 3.63) is 60.8 Å². The van der Waals surface area contributed by atoms with E-state index in [0.717, 1.165) is 31.1 Å². The van der Waals surface area contributed by atoms with Gasteiger partial charge in [0.05, 0.1) is 12.0 Å². The molecule has 1 aromatic heterocycles. The second-order valence-electron chi connectivity index (χ2n) is 7.72. The lowest BCUT2D eigenvalue weighted by atomic mass is 10.3. The molecule has 0 bridgehead atoms. The number of methoxy groups -OCH3 is 1. The maximum absolute atomic E-state index is 12.5. The van der Waals surface area contributed by atoms with Crippen molar-refractivity contribution in [1.82, 2.24) is 19.6 Å². The number of likely N-dealkylation sites (tertiary alicyclic amines) is 1. The summed E-state index contributed by atoms with van der Waals surface area (Å²) in [4.78, 5) is 11.2. The maximum atomic E-state index is 12.5. The third kappa shape index (κ3) is 6.41. The lowest BCUT2D eigenvalue weighted by molar-refractivity contribution is 0.344. The van der Waals surface area contributed by atoms with E-state index >= 15 is 0 Å². The van der Waals surface area contributed by atoms with Crippen molar-refractivity contribution in [2.45, 2.75) is 17.7 Å². The van der Waals surface area contributed by atoms with Gasteiger partial charge in [0.2, 0.25) is 16.0 Å². The molecule has 0 atom stereocenters. The predicted molar refractivity (Wildman–Crippen MR) is 129 cm³/mol. The summed E-state index contributed by atoms with van der Waals surface area (Å²) in [6.07, 6.45) is 4.01. The number of sulfonamides is 1. The Morgan fingerprint density at radius 3 is 2.55 bits per heavy atom. The molecule has 2 aromatic carbocycles. The molecule has 1 saturated heterocycles. The molecule has 0 saturated carbocycles. The summed E-state index contributed by atoms with van der Waals surface area (Å²) in [6, 6.07) is 15.8. The number of rotatable bonds is 10. The zero-order valence-corrected chi connectivity index (χ0v) is 19.3. The summed E-state index contributed by atoms with van der Waals surface area (Å²) in [6.45, 7) is 3.22. The summed E-state index contributed by atoms with van der Waals surface area (Å²) in [7, 11) is -1.93. The molecule has 3 aromatic rings. The molecule has 174 valence electrons. The third-order valence-electron chi connectivity index (χ3n) is 5.34. The van der Waals surface area contributed by atoms with Gasteiger partial charge in [-0.3, -0.25) is 0 Å². The Morgan fingerprint density at radius 1 is 1.00 bits per heavy atom. The number of nitrogens with zero attached hydrogens (tertiary/aromatic N) is 3. The average Bonchev–Trinajstić information content (AvgIpc) is 3.33. The van der Waals surface area contributed by atoms with Gasteiger partial charge in [0, 0.05) is 36.7 Å². The highest BCUT2D eigenvalue weighted by molar-refractivity contribution is 7.89. The van der Waals surface area contributed by atoms with Gasteiger partial charge in [-0.1, -0.05) is 6.07 Å². The van der Waals surface area contributed by atoms with E-state index in [1.807, 2.05) is 24.3 Å². The van der Waals surface area contributed by atoms with Crippen LogP contribution in [-0.2, 0) is 10.0 Å². The number of hydrogen-bond donors (Lipinski definition) is 3. The van der Waals surface area contributed by atoms with E-state index in [2.05, 4.69) is 30.2 Å². The number of hydrogen-bond acceptors (Lipinski definition) is 8. The van der Waals surface area contributed by atoms with Gasteiger partial charge in [-0.2, -0.15) is 4.98 Å². The van der Waals surface area contributed by atoms with Gasteiger partial charge in [0.15, 0.2) is 0 Å². The molecule has 0 amide bonds. The monoisotopic (exact) mass is 468 g/mol. The SMILES string of the molecule is COc1cccc(Nc2ccnc(Nc3ccc(S(=O)(=O)NCCN4CCCC4)cc3)n2)c1. The van der Waals surface area contributed by atoms with Crippen LogP contribution in [0.3, 0.4) is 0 Å². The first-order valence-corrected chi connectivity index (χ1v) is 12.3. The first-order valence-electron chi connectivity index (χ1n) is 10.8. The Balaban J connectivity index is 1.35. The fraction of sp³-hybridized carbons (Fsp3) is 0.304. The average molecular weight is 469 g/mol. The summed E-state index contributed by atoms with van der Waals surface area (Å²) >= 11 is 0. The van der Waals surface area contributed by atoms with E-state index in [0.29, 0.717) is 24.0 Å². The second kappa shape index (κ2) is 10.6. The molecule has 2 heterocycles. The Morgan fingerprint density at radius 2 is 1.79 bits per heavy atom. The van der Waals surface area contributed by atoms with Gasteiger partial charge in [-0.05, 0) is 68.4 Å². The molecule has 9 nitrogen and oxygen atoms in total. The lowest BCUT2D eigenvalue weighted by Crippen LogP contribution is -2.33. The van der Waals surface area contributed by atoms with Crippen LogP contribution in [0.25, 0.3) is 0 Å². The van der Waals surface area contributed by atoms with Crippen LogP contribution in [0.2, 0.25) is 0 Å². The molecule has 33 heavy (non-hydrogen) atoms. The summed E-state index contributed by atoms with van der Waals surface area (Å²) in [5.41, 5.74) is 1.52. The highest BCUT2D eigenvalue weighted by atomic mass is 32.2. The first kappa shape index (κ1) is 23.0. The van der Waals surface area contributed by atoms with E-state index in [1.54, 1.807) is 43.6 Å². The summed E-state index contributed by atoms with van der Waals surface area (Å²) in [5, 5.41) is 6.31. The highest BCUT2D eigenvalue weighted by Crippen LogP contribution is 2.22. The number of ether oxygens (including phenoxy) is 1. The van der Waals surface area contributed by atoms with Crippen LogP contribution in [-0.4, -0.2) is 56.6 Å². The van der Waals surface area contributed by atoms with E-state index in [1.165, 1.54) is 12.8 Å². The van der Waals surface area contributed by atoms with Crippen LogP contribution in [0.5, 0.6) is 5.75 Å². The van der Waals surface area contributed by atoms with Crippen LogP contribution >= 0.6 is 0 Å². The normalized spacial score (nSPS) is 14.2. The molecule has 4 rings (SSSR count). The minimum Gasteiger partial charge on any atom is -0.497 e. The summed E-state index contributed by atoms with van der Waals surface area (Å²) < 4.78 is 33.0. The number of nitrogens with one attached hydrogen (secondary N) is 3. The van der Waals surface area contributed by atoms with Gasteiger partial charge in [-0.25, -0.2) is 18.1 Å². The maximum Gasteiger partial charge on any atom is 0.240 e. The topological polar surface area (TPSA) is 108 Å². The molecule has 0 aliphatic carbocycles. The van der Waals surface area contributed by atoms with E-state index in [9.17, 15) is 8.42 Å². The van der Waals surface area contributed by atoms with E-state index in [4.69, 9.17) is 4.74 Å². The van der Waals surface area contributed by atoms with Crippen molar-refractivity contribution >= 4 is 33.2 Å². The molecule has 0 spiro atoms. The van der Waals surface area contributed by atoms with Gasteiger partial charge in [0.1, 0.15) is 11.6 Å². The molecular formula is C23H28N6O3S. The minimum absolute atomic E-state index is 0.226. The van der Waals surface area contributed by atoms with Gasteiger partial charge in [0.25, 0.3) is 0 Å². The minimum atomic E-state index is -3.54. The van der Waals surface area contributed by atoms with Crippen LogP contribution in [0.1, 0.15) is 12.8 Å². The van der Waals surface area contributed by atoms with Crippen molar-refractivity contribution in [1.29, 1.82) is 0 Å². The lowest BCUT2D eigenvalue weighted by Gasteiger charge is -2.15. The van der Waals surface area contributed by atoms with Crippen molar-refractivity contribution in [2.75, 3.05) is 43.9 Å². The Kier molecular flexibility index (Phi) is 7.38. The van der Waals surface area contributed by atoms with Gasteiger partial charge >= 0.3 is 0 Å². The quantitative estimate of drug-likeness (QED) is 0.416. The molecular weight excluding hydrogens is 440 g/mol. The van der Waals surface area contributed by atoms with Crippen LogP contribution in [0.15, 0.2) is 65.7 Å². The molecule has 1 aliphatic rings. The molecule has 3 N–H and O–H groups in total. The summed E-state index contributed by atoms with van der Waals surface area (Å²) in [5.74, 6) is 1.75. The Labute approximate surface area is 194 Å². The number of anilines is 4. The van der Waals surface area contributed by atoms with Gasteiger partial charge in [-0.15, -0.1) is 0 Å². The zero-order chi connectivity index (χ0) is 23.1. The van der Waals surface area contributed by atoms with Crippen LogP contribution < -0.4 is 20.1 Å². The zero-order valence-electron chi connectivity index (χ0n) is 18.5. The van der Waals surface area contributed by atoms with Crippen LogP contribution in [0, 0.1) is 0 Å². The molecule has 10 heteroatoms. The second-order valence-corrected chi connectivity index (χ2v) is 9.49. The molecule has 1 fully saturated rings. The van der Waals surface area contributed by atoms with Crippen molar-refractivity contribution in [3.8, 4) is 5.75 Å². The highest BCUT2D eigenvalue weighted by Gasteiger charge is 2.16. The fourth-order valence-corrected chi connectivity index (χ4v) is 4.63. The molecule has 0 unspecified atom stereocenters. The predicted octanol–water partition coefficient (Wildman–Crippen LogP) is 3.35. The van der Waals surface area contributed by atoms with Crippen LogP contribution in [0.4, 0.5) is 23.1 Å². The van der Waals surface area contributed by atoms with E-state index < -0.39 is 10.0 Å². The Bertz CT molecular complexity index is 1160. The van der Waals surface area contributed by atoms with Gasteiger partial charge < -0.3 is 20.3 Å². The van der Waals surface area contributed by atoms with Crippen molar-refractivity contribution in [3.63, 3.8) is 0 Å². The first-order chi connectivity index (χ1) is 16.0. The van der Waals surface area contributed by atoms with E-state index in [-0.39, 0.29) is 4.90 Å². The third-order valence-corrected chi connectivity index (χ3v) is 6.81. The van der Waals surface area contributed by atoms with Crippen molar-refractivity contribution in [2.24, 2.45) is 0 Å². The smallest absolute Gasteiger partial charge is 0.240 e. The standard InChI is InChI=1S/C23H28N6O3S/c1-32-20-6-4-5-19(17-20)26-22-11-12-24-23(28-22)27-18-7-9-21(10-8-18)33(30,31)25-13-16-29-14-2-3-15-29/h4-12,17,25H,2-3,13-16H2,1H3,(H2,24,26,27,28).